The Hall–Kier alpha value is -4.63. The number of aromatic amines is 1. The summed E-state index contributed by atoms with van der Waals surface area (Å²) < 4.78 is 16.1. The van der Waals surface area contributed by atoms with Gasteiger partial charge in [0.05, 0.1) is 30.2 Å². The van der Waals surface area contributed by atoms with E-state index in [4.69, 9.17) is 14.2 Å². The van der Waals surface area contributed by atoms with E-state index in [1.54, 1.807) is 37.3 Å². The Morgan fingerprint density at radius 3 is 2.47 bits per heavy atom. The van der Waals surface area contributed by atoms with Crippen LogP contribution in [0.5, 0.6) is 11.5 Å². The molecule has 3 heterocycles. The average Bonchev–Trinajstić information content (AvgIpc) is 3.46. The second kappa shape index (κ2) is 12.3. The van der Waals surface area contributed by atoms with Crippen LogP contribution in [0.3, 0.4) is 0 Å². The van der Waals surface area contributed by atoms with Gasteiger partial charge in [-0.15, -0.1) is 0 Å². The normalized spacial score (nSPS) is 18.9. The molecule has 0 aliphatic carbocycles. The summed E-state index contributed by atoms with van der Waals surface area (Å²) in [5.41, 5.74) is 1.34. The summed E-state index contributed by atoms with van der Waals surface area (Å²) in [6.45, 7) is 0.825. The number of carbonyl (C=O) groups is 5. The number of carbonyl (C=O) groups excluding carboxylic acids is 4. The molecule has 2 aliphatic heterocycles. The predicted molar refractivity (Wildman–Crippen MR) is 154 cm³/mol. The fourth-order valence-corrected chi connectivity index (χ4v) is 7.50. The van der Waals surface area contributed by atoms with Gasteiger partial charge in [0.1, 0.15) is 11.8 Å². The van der Waals surface area contributed by atoms with Gasteiger partial charge in [0.25, 0.3) is 5.91 Å². The number of nitrogens with zero attached hydrogens (tertiary/aromatic N) is 1. The first-order valence-electron chi connectivity index (χ1n) is 13.0. The third-order valence-corrected chi connectivity index (χ3v) is 9.20. The number of anilines is 1. The summed E-state index contributed by atoms with van der Waals surface area (Å²) in [6.07, 6.45) is 0. The molecule has 0 spiro atoms. The number of fused-ring (bicyclic) bond motifs is 2. The molecule has 224 valence electrons. The molecule has 0 saturated carbocycles. The molecule has 3 aromatic rings. The summed E-state index contributed by atoms with van der Waals surface area (Å²) in [7, 11) is 1.40. The number of aromatic nitrogens is 1. The minimum Gasteiger partial charge on any atom is -0.493 e. The van der Waals surface area contributed by atoms with Crippen LogP contribution < -0.4 is 19.7 Å². The fraction of sp³-hybridized carbons (Fsp3) is 0.286. The van der Waals surface area contributed by atoms with Crippen molar-refractivity contribution < 1.29 is 43.3 Å². The van der Waals surface area contributed by atoms with Crippen LogP contribution in [-0.4, -0.2) is 76.8 Å². The standard InChI is InChI=1S/C28H25N3O10S2/c1-3-40-27(37)13-4-7-15(8-5-13)29-18(32)12-41-16-9-6-14(10-17(16)39-2)20-21-23(42-24-22(20)43-28(38)30-24)26(36)31(25(21)35)11-19(33)34/h4-10,20-21,23H,3,11-12H2,1-2H3,(H,29,32)(H,30,38)(H,33,34)/t20-,21?,23?/m0/s1. The van der Waals surface area contributed by atoms with Gasteiger partial charge in [-0.1, -0.05) is 29.2 Å². The molecule has 2 aromatic carbocycles. The van der Waals surface area contributed by atoms with Crippen LogP contribution in [0.25, 0.3) is 0 Å². The zero-order valence-electron chi connectivity index (χ0n) is 22.8. The number of nitrogens with one attached hydrogen (secondary N) is 2. The molecule has 5 rings (SSSR count). The van der Waals surface area contributed by atoms with E-state index in [1.165, 1.54) is 19.2 Å². The number of H-pyrrole nitrogens is 1. The van der Waals surface area contributed by atoms with Crippen molar-refractivity contribution in [3.05, 3.63) is 68.1 Å². The van der Waals surface area contributed by atoms with Gasteiger partial charge in [0.15, 0.2) is 18.1 Å². The quantitative estimate of drug-likeness (QED) is 0.222. The lowest BCUT2D eigenvalue weighted by Gasteiger charge is -2.30. The summed E-state index contributed by atoms with van der Waals surface area (Å²) in [5, 5.41) is 11.5. The number of benzene rings is 2. The highest BCUT2D eigenvalue weighted by Gasteiger charge is 2.56. The summed E-state index contributed by atoms with van der Waals surface area (Å²) in [4.78, 5) is 78.0. The Kier molecular flexibility index (Phi) is 8.54. The first kappa shape index (κ1) is 29.8. The van der Waals surface area contributed by atoms with Crippen molar-refractivity contribution in [2.75, 3.05) is 32.2 Å². The van der Waals surface area contributed by atoms with Crippen LogP contribution in [0, 0.1) is 5.92 Å². The van der Waals surface area contributed by atoms with E-state index >= 15 is 0 Å². The maximum absolute atomic E-state index is 13.3. The predicted octanol–water partition coefficient (Wildman–Crippen LogP) is 2.31. The van der Waals surface area contributed by atoms with Crippen molar-refractivity contribution in [3.63, 3.8) is 0 Å². The van der Waals surface area contributed by atoms with Crippen LogP contribution in [0.2, 0.25) is 0 Å². The van der Waals surface area contributed by atoms with E-state index in [0.717, 1.165) is 28.0 Å². The number of imide groups is 1. The minimum absolute atomic E-state index is 0.226. The number of thiazole rings is 1. The van der Waals surface area contributed by atoms with Gasteiger partial charge in [-0.05, 0) is 48.9 Å². The molecule has 2 unspecified atom stereocenters. The molecule has 13 nitrogen and oxygen atoms in total. The van der Waals surface area contributed by atoms with E-state index in [2.05, 4.69) is 10.3 Å². The molecule has 1 aromatic heterocycles. The molecule has 15 heteroatoms. The van der Waals surface area contributed by atoms with Gasteiger partial charge in [-0.3, -0.25) is 28.9 Å². The van der Waals surface area contributed by atoms with Crippen LogP contribution >= 0.6 is 23.1 Å². The van der Waals surface area contributed by atoms with E-state index in [-0.39, 0.29) is 29.6 Å². The van der Waals surface area contributed by atoms with Gasteiger partial charge < -0.3 is 29.6 Å². The highest BCUT2D eigenvalue weighted by Crippen LogP contribution is 2.53. The van der Waals surface area contributed by atoms with Crippen molar-refractivity contribution in [1.82, 2.24) is 9.88 Å². The van der Waals surface area contributed by atoms with Gasteiger partial charge in [-0.2, -0.15) is 0 Å². The number of hydrogen-bond acceptors (Lipinski definition) is 11. The van der Waals surface area contributed by atoms with Crippen molar-refractivity contribution in [1.29, 1.82) is 0 Å². The number of ether oxygens (including phenoxy) is 3. The first-order valence-corrected chi connectivity index (χ1v) is 14.6. The number of amides is 3. The zero-order valence-corrected chi connectivity index (χ0v) is 24.4. The van der Waals surface area contributed by atoms with Gasteiger partial charge in [-0.25, -0.2) is 4.79 Å². The molecule has 3 amide bonds. The smallest absolute Gasteiger partial charge is 0.338 e. The number of carboxylic acids is 1. The molecule has 3 atom stereocenters. The lowest BCUT2D eigenvalue weighted by Crippen LogP contribution is -2.36. The summed E-state index contributed by atoms with van der Waals surface area (Å²) in [5.74, 6) is -4.72. The van der Waals surface area contributed by atoms with E-state index in [1.807, 2.05) is 0 Å². The monoisotopic (exact) mass is 627 g/mol. The number of carboxylic acid groups (broad SMARTS) is 1. The number of likely N-dealkylation sites (tertiary alicyclic amines) is 1. The lowest BCUT2D eigenvalue weighted by molar-refractivity contribution is -0.149. The highest BCUT2D eigenvalue weighted by molar-refractivity contribution is 8.00. The zero-order chi connectivity index (χ0) is 30.8. The maximum atomic E-state index is 13.3. The number of esters is 1. The molecule has 2 aliphatic rings. The van der Waals surface area contributed by atoms with Gasteiger partial charge in [0, 0.05) is 16.5 Å². The molecule has 43 heavy (non-hydrogen) atoms. The van der Waals surface area contributed by atoms with Crippen molar-refractivity contribution >= 4 is 58.4 Å². The summed E-state index contributed by atoms with van der Waals surface area (Å²) >= 11 is 1.96. The van der Waals surface area contributed by atoms with Crippen molar-refractivity contribution in [2.24, 2.45) is 5.92 Å². The Labute approximate surface area is 252 Å². The molecule has 0 bridgehead atoms. The van der Waals surface area contributed by atoms with Crippen molar-refractivity contribution in [2.45, 2.75) is 23.1 Å². The Morgan fingerprint density at radius 2 is 1.79 bits per heavy atom. The minimum atomic E-state index is -1.31. The van der Waals surface area contributed by atoms with E-state index < -0.39 is 53.3 Å². The second-order valence-electron chi connectivity index (χ2n) is 9.45. The second-order valence-corrected chi connectivity index (χ2v) is 11.6. The molecular weight excluding hydrogens is 602 g/mol. The lowest BCUT2D eigenvalue weighted by atomic mass is 9.83. The van der Waals surface area contributed by atoms with Crippen molar-refractivity contribution in [3.8, 4) is 11.5 Å². The molecule has 3 N–H and O–H groups in total. The van der Waals surface area contributed by atoms with Crippen LogP contribution in [0.1, 0.15) is 33.6 Å². The van der Waals surface area contributed by atoms with E-state index in [9.17, 15) is 33.9 Å². The number of aliphatic carboxylic acids is 1. The number of thioether (sulfide) groups is 1. The highest BCUT2D eigenvalue weighted by atomic mass is 32.2. The van der Waals surface area contributed by atoms with Gasteiger partial charge in [0.2, 0.25) is 11.8 Å². The van der Waals surface area contributed by atoms with Crippen LogP contribution in [0.4, 0.5) is 5.69 Å². The van der Waals surface area contributed by atoms with Crippen LogP contribution in [0.15, 0.2) is 52.3 Å². The molecule has 1 fully saturated rings. The van der Waals surface area contributed by atoms with E-state index in [0.29, 0.717) is 26.7 Å². The molecule has 1 saturated heterocycles. The average molecular weight is 628 g/mol. The Balaban J connectivity index is 1.34. The first-order chi connectivity index (χ1) is 20.6. The maximum Gasteiger partial charge on any atom is 0.338 e. The number of methoxy groups -OCH3 is 1. The Morgan fingerprint density at radius 1 is 1.05 bits per heavy atom. The SMILES string of the molecule is CCOC(=O)c1ccc(NC(=O)COc2ccc([C@@H]3c4sc(=O)[nH]c4SC4C(=O)N(CC(=O)O)C(=O)C43)cc2OC)cc1. The fourth-order valence-electron chi connectivity index (χ4n) is 4.97. The topological polar surface area (TPSA) is 181 Å². The number of hydrogen-bond donors (Lipinski definition) is 3. The third kappa shape index (κ3) is 5.99. The summed E-state index contributed by atoms with van der Waals surface area (Å²) in [6, 6.07) is 11.0. The third-order valence-electron chi connectivity index (χ3n) is 6.79. The molecular formula is C28H25N3O10S2. The number of rotatable bonds is 10. The van der Waals surface area contributed by atoms with Crippen LogP contribution in [-0.2, 0) is 23.9 Å². The largest absolute Gasteiger partial charge is 0.493 e. The molecule has 0 radical (unpaired) electrons. The van der Waals surface area contributed by atoms with Gasteiger partial charge >= 0.3 is 16.8 Å². The Bertz CT molecular complexity index is 1670.